The molecule has 0 amide bonds. The van der Waals surface area contributed by atoms with Crippen molar-refractivity contribution < 1.29 is 30.3 Å². The molecule has 0 aliphatic rings. The lowest BCUT2D eigenvalue weighted by Crippen LogP contribution is -2.37. The molecule has 6 nitrogen and oxygen atoms in total. The number of aliphatic hydroxyl groups is 4. The molecule has 0 bridgehead atoms. The highest BCUT2D eigenvalue weighted by molar-refractivity contribution is 7.80. The Hall–Kier alpha value is -0.340. The van der Waals surface area contributed by atoms with E-state index < -0.39 is 37.8 Å². The van der Waals surface area contributed by atoms with E-state index in [1.807, 2.05) is 0 Å². The summed E-state index contributed by atoms with van der Waals surface area (Å²) in [4.78, 5) is 9.94. The highest BCUT2D eigenvalue weighted by Gasteiger charge is 2.26. The summed E-state index contributed by atoms with van der Waals surface area (Å²) in [5, 5.41) is 42.2. The third-order valence-corrected chi connectivity index (χ3v) is 2.71. The first-order chi connectivity index (χ1) is 8.51. The molecule has 0 rings (SSSR count). The van der Waals surface area contributed by atoms with E-state index in [9.17, 15) is 4.79 Å². The first-order valence-electron chi connectivity index (χ1n) is 5.78. The highest BCUT2D eigenvalue weighted by Crippen LogP contribution is 2.11. The minimum Gasteiger partial charge on any atom is -0.481 e. The molecule has 0 aliphatic heterocycles. The Kier molecular flexibility index (Phi) is 14.5. The Balaban J connectivity index is 0. The zero-order chi connectivity index (χ0) is 14.4. The molecule has 0 aromatic rings. The Morgan fingerprint density at radius 1 is 0.889 bits per heavy atom. The van der Waals surface area contributed by atoms with Gasteiger partial charge in [-0.3, -0.25) is 4.79 Å². The Labute approximate surface area is 113 Å². The minimum absolute atomic E-state index is 0.299. The van der Waals surface area contributed by atoms with Crippen LogP contribution in [0, 0.1) is 5.41 Å². The van der Waals surface area contributed by atoms with E-state index in [0.717, 1.165) is 25.0 Å². The van der Waals surface area contributed by atoms with Gasteiger partial charge >= 0.3 is 5.97 Å². The van der Waals surface area contributed by atoms with Crippen LogP contribution in [0.1, 0.15) is 25.7 Å². The molecule has 0 saturated heterocycles. The van der Waals surface area contributed by atoms with Crippen molar-refractivity contribution in [3.63, 3.8) is 0 Å². The second kappa shape index (κ2) is 13.1. The Bertz CT molecular complexity index is 178. The zero-order valence-corrected chi connectivity index (χ0v) is 11.3. The standard InChI is InChI=1S/C6H12O2S.C5H12O4/c7-6(8)4-2-1-3-5-9;6-1-5(2-7,3-8)4-9/h9H,1-5H2,(H,7,8);6-9H,1-4H2. The van der Waals surface area contributed by atoms with Crippen LogP contribution in [0.25, 0.3) is 0 Å². The van der Waals surface area contributed by atoms with Crippen LogP contribution in [0.5, 0.6) is 0 Å². The van der Waals surface area contributed by atoms with Crippen LogP contribution in [-0.2, 0) is 4.79 Å². The summed E-state index contributed by atoms with van der Waals surface area (Å²) in [6.45, 7) is -1.62. The van der Waals surface area contributed by atoms with Gasteiger partial charge in [-0.2, -0.15) is 12.6 Å². The quantitative estimate of drug-likeness (QED) is 0.251. The van der Waals surface area contributed by atoms with Gasteiger partial charge in [-0.25, -0.2) is 0 Å². The maximum absolute atomic E-state index is 9.94. The molecule has 0 aliphatic carbocycles. The van der Waals surface area contributed by atoms with Crippen molar-refractivity contribution in [1.82, 2.24) is 0 Å². The van der Waals surface area contributed by atoms with Gasteiger partial charge < -0.3 is 25.5 Å². The fourth-order valence-electron chi connectivity index (χ4n) is 0.865. The van der Waals surface area contributed by atoms with Crippen molar-refractivity contribution >= 4 is 18.6 Å². The van der Waals surface area contributed by atoms with Crippen LogP contribution in [0.2, 0.25) is 0 Å². The topological polar surface area (TPSA) is 118 Å². The van der Waals surface area contributed by atoms with Gasteiger partial charge in [0, 0.05) is 6.42 Å². The van der Waals surface area contributed by atoms with Gasteiger partial charge in [0.25, 0.3) is 0 Å². The number of hydrogen-bond acceptors (Lipinski definition) is 6. The molecule has 0 atom stereocenters. The number of thiol groups is 1. The van der Waals surface area contributed by atoms with E-state index in [-0.39, 0.29) is 0 Å². The molecule has 7 heteroatoms. The molecular weight excluding hydrogens is 260 g/mol. The molecule has 0 heterocycles. The molecule has 0 aromatic heterocycles. The van der Waals surface area contributed by atoms with Crippen LogP contribution >= 0.6 is 12.6 Å². The lowest BCUT2D eigenvalue weighted by atomic mass is 9.93. The summed E-state index contributed by atoms with van der Waals surface area (Å²) in [6, 6.07) is 0. The van der Waals surface area contributed by atoms with E-state index in [1.54, 1.807) is 0 Å². The van der Waals surface area contributed by atoms with E-state index in [4.69, 9.17) is 25.5 Å². The number of carboxylic acid groups (broad SMARTS) is 1. The predicted octanol–water partition coefficient (Wildman–Crippen LogP) is -0.497. The largest absolute Gasteiger partial charge is 0.481 e. The predicted molar refractivity (Wildman–Crippen MR) is 70.7 cm³/mol. The van der Waals surface area contributed by atoms with Crippen molar-refractivity contribution in [2.45, 2.75) is 25.7 Å². The maximum atomic E-state index is 9.94. The SMILES string of the molecule is O=C(O)CCCCCS.OCC(CO)(CO)CO. The van der Waals surface area contributed by atoms with Crippen LogP contribution < -0.4 is 0 Å². The van der Waals surface area contributed by atoms with E-state index in [2.05, 4.69) is 12.6 Å². The molecule has 0 fully saturated rings. The van der Waals surface area contributed by atoms with Gasteiger partial charge in [0.05, 0.1) is 31.8 Å². The van der Waals surface area contributed by atoms with Crippen LogP contribution in [0.15, 0.2) is 0 Å². The molecular formula is C11H24O6S. The number of aliphatic hydroxyl groups excluding tert-OH is 4. The molecule has 18 heavy (non-hydrogen) atoms. The minimum atomic E-state index is -1.11. The highest BCUT2D eigenvalue weighted by atomic mass is 32.1. The molecule has 5 N–H and O–H groups in total. The average Bonchev–Trinajstić information content (AvgIpc) is 2.39. The lowest BCUT2D eigenvalue weighted by Gasteiger charge is -2.23. The molecule has 0 spiro atoms. The lowest BCUT2D eigenvalue weighted by molar-refractivity contribution is -0.137. The van der Waals surface area contributed by atoms with Crippen LogP contribution in [0.4, 0.5) is 0 Å². The number of aliphatic carboxylic acids is 1. The molecule has 0 radical (unpaired) electrons. The van der Waals surface area contributed by atoms with E-state index >= 15 is 0 Å². The molecule has 0 unspecified atom stereocenters. The molecule has 110 valence electrons. The van der Waals surface area contributed by atoms with Crippen LogP contribution in [-0.4, -0.2) is 63.7 Å². The first-order valence-corrected chi connectivity index (χ1v) is 6.41. The number of rotatable bonds is 9. The zero-order valence-electron chi connectivity index (χ0n) is 10.5. The number of hydrogen-bond donors (Lipinski definition) is 6. The van der Waals surface area contributed by atoms with E-state index in [1.165, 1.54) is 0 Å². The normalized spacial score (nSPS) is 10.7. The monoisotopic (exact) mass is 284 g/mol. The summed E-state index contributed by atoms with van der Waals surface area (Å²) in [5.74, 6) is 0.161. The second-order valence-corrected chi connectivity index (χ2v) is 4.51. The third-order valence-electron chi connectivity index (χ3n) is 2.39. The number of carbonyl (C=O) groups is 1. The van der Waals surface area contributed by atoms with Gasteiger partial charge in [-0.15, -0.1) is 0 Å². The summed E-state index contributed by atoms with van der Waals surface area (Å²) in [6.07, 6.45) is 3.09. The average molecular weight is 284 g/mol. The van der Waals surface area contributed by atoms with E-state index in [0.29, 0.717) is 6.42 Å². The number of unbranched alkanes of at least 4 members (excludes halogenated alkanes) is 2. The molecule has 0 saturated carbocycles. The Morgan fingerprint density at radius 2 is 1.33 bits per heavy atom. The van der Waals surface area contributed by atoms with Crippen molar-refractivity contribution in [3.8, 4) is 0 Å². The summed E-state index contributed by atoms with van der Waals surface area (Å²) in [5.41, 5.74) is -1.11. The van der Waals surface area contributed by atoms with Gasteiger partial charge in [0.2, 0.25) is 0 Å². The third kappa shape index (κ3) is 10.8. The maximum Gasteiger partial charge on any atom is 0.303 e. The van der Waals surface area contributed by atoms with Crippen molar-refractivity contribution in [2.24, 2.45) is 5.41 Å². The number of carboxylic acids is 1. The Morgan fingerprint density at radius 3 is 1.56 bits per heavy atom. The smallest absolute Gasteiger partial charge is 0.303 e. The van der Waals surface area contributed by atoms with Gasteiger partial charge in [0.1, 0.15) is 0 Å². The second-order valence-electron chi connectivity index (χ2n) is 4.06. The van der Waals surface area contributed by atoms with Crippen molar-refractivity contribution in [3.05, 3.63) is 0 Å². The fraction of sp³-hybridized carbons (Fsp3) is 0.909. The van der Waals surface area contributed by atoms with Crippen molar-refractivity contribution in [2.75, 3.05) is 32.2 Å². The van der Waals surface area contributed by atoms with Gasteiger partial charge in [-0.1, -0.05) is 6.42 Å². The summed E-state index contributed by atoms with van der Waals surface area (Å²) in [7, 11) is 0. The van der Waals surface area contributed by atoms with Crippen molar-refractivity contribution in [1.29, 1.82) is 0 Å². The fourth-order valence-corrected chi connectivity index (χ4v) is 1.09. The summed E-state index contributed by atoms with van der Waals surface area (Å²) < 4.78 is 0. The summed E-state index contributed by atoms with van der Waals surface area (Å²) >= 11 is 4.00. The van der Waals surface area contributed by atoms with Gasteiger partial charge in [-0.05, 0) is 18.6 Å². The van der Waals surface area contributed by atoms with Gasteiger partial charge in [0.15, 0.2) is 0 Å². The first kappa shape index (κ1) is 20.0. The van der Waals surface area contributed by atoms with Crippen LogP contribution in [0.3, 0.4) is 0 Å². The molecule has 0 aromatic carbocycles.